The zero-order chi connectivity index (χ0) is 18.4. The predicted molar refractivity (Wildman–Crippen MR) is 101 cm³/mol. The van der Waals surface area contributed by atoms with E-state index in [1.807, 2.05) is 17.0 Å². The van der Waals surface area contributed by atoms with Gasteiger partial charge < -0.3 is 10.0 Å². The van der Waals surface area contributed by atoms with E-state index in [0.717, 1.165) is 37.9 Å². The third-order valence-corrected chi connectivity index (χ3v) is 5.09. The van der Waals surface area contributed by atoms with Gasteiger partial charge in [0.1, 0.15) is 0 Å². The number of nitrogens with zero attached hydrogens (tertiary/aromatic N) is 1. The molecule has 3 rings (SSSR count). The van der Waals surface area contributed by atoms with Gasteiger partial charge in [0, 0.05) is 19.5 Å². The summed E-state index contributed by atoms with van der Waals surface area (Å²) in [6.07, 6.45) is 4.03. The quantitative estimate of drug-likeness (QED) is 0.861. The summed E-state index contributed by atoms with van der Waals surface area (Å²) < 4.78 is 0. The number of carbonyl (C=O) groups is 2. The number of amides is 1. The van der Waals surface area contributed by atoms with E-state index >= 15 is 0 Å². The molecule has 2 aromatic rings. The first kappa shape index (κ1) is 18.2. The Kier molecular flexibility index (Phi) is 6.05. The van der Waals surface area contributed by atoms with Crippen molar-refractivity contribution in [1.29, 1.82) is 0 Å². The van der Waals surface area contributed by atoms with Crippen molar-refractivity contribution in [3.63, 3.8) is 0 Å². The number of aromatic carboxylic acids is 1. The lowest BCUT2D eigenvalue weighted by Crippen LogP contribution is -2.40. The Morgan fingerprint density at radius 3 is 2.54 bits per heavy atom. The Balaban J connectivity index is 1.55. The molecular formula is C22H25NO3. The molecule has 1 aliphatic heterocycles. The van der Waals surface area contributed by atoms with Crippen LogP contribution in [0, 0.1) is 5.92 Å². The molecule has 1 atom stereocenters. The summed E-state index contributed by atoms with van der Waals surface area (Å²) in [6.45, 7) is 1.61. The normalized spacial score (nSPS) is 17.1. The molecule has 0 spiro atoms. The standard InChI is InChI=1S/C22H25NO3/c24-21(13-12-19-10-4-5-11-20(19)22(25)26)23-14-6-9-18(16-23)15-17-7-2-1-3-8-17/h1-5,7-8,10-11,18H,6,9,12-16H2,(H,25,26). The summed E-state index contributed by atoms with van der Waals surface area (Å²) >= 11 is 0. The second-order valence-electron chi connectivity index (χ2n) is 7.00. The van der Waals surface area contributed by atoms with Crippen LogP contribution in [-0.2, 0) is 17.6 Å². The molecule has 1 saturated heterocycles. The van der Waals surface area contributed by atoms with E-state index < -0.39 is 5.97 Å². The molecule has 1 fully saturated rings. The van der Waals surface area contributed by atoms with Crippen LogP contribution in [0.15, 0.2) is 54.6 Å². The van der Waals surface area contributed by atoms with E-state index in [1.54, 1.807) is 18.2 Å². The smallest absolute Gasteiger partial charge is 0.335 e. The van der Waals surface area contributed by atoms with Gasteiger partial charge >= 0.3 is 5.97 Å². The Morgan fingerprint density at radius 1 is 1.04 bits per heavy atom. The van der Waals surface area contributed by atoms with E-state index in [9.17, 15) is 14.7 Å². The lowest BCUT2D eigenvalue weighted by Gasteiger charge is -2.33. The topological polar surface area (TPSA) is 57.6 Å². The number of aryl methyl sites for hydroxylation is 1. The molecule has 1 heterocycles. The number of piperidine rings is 1. The van der Waals surface area contributed by atoms with Crippen LogP contribution < -0.4 is 0 Å². The van der Waals surface area contributed by atoms with Crippen molar-refractivity contribution in [2.45, 2.75) is 32.1 Å². The summed E-state index contributed by atoms with van der Waals surface area (Å²) in [4.78, 5) is 25.9. The molecule has 0 aliphatic carbocycles. The molecular weight excluding hydrogens is 326 g/mol. The molecule has 136 valence electrons. The van der Waals surface area contributed by atoms with Gasteiger partial charge in [-0.15, -0.1) is 0 Å². The Morgan fingerprint density at radius 2 is 1.77 bits per heavy atom. The molecule has 1 unspecified atom stereocenters. The molecule has 1 aliphatic rings. The van der Waals surface area contributed by atoms with Gasteiger partial charge in [-0.2, -0.15) is 0 Å². The maximum atomic E-state index is 12.6. The minimum atomic E-state index is -0.936. The second-order valence-corrected chi connectivity index (χ2v) is 7.00. The van der Waals surface area contributed by atoms with E-state index in [4.69, 9.17) is 0 Å². The van der Waals surface area contributed by atoms with Crippen LogP contribution in [0.25, 0.3) is 0 Å². The fourth-order valence-corrected chi connectivity index (χ4v) is 3.75. The zero-order valence-electron chi connectivity index (χ0n) is 14.9. The Bertz CT molecular complexity index is 757. The molecule has 0 bridgehead atoms. The lowest BCUT2D eigenvalue weighted by molar-refractivity contribution is -0.133. The highest BCUT2D eigenvalue weighted by Gasteiger charge is 2.24. The molecule has 4 nitrogen and oxygen atoms in total. The van der Waals surface area contributed by atoms with Crippen LogP contribution in [0.4, 0.5) is 0 Å². The minimum Gasteiger partial charge on any atom is -0.478 e. The highest BCUT2D eigenvalue weighted by atomic mass is 16.4. The van der Waals surface area contributed by atoms with Crippen molar-refractivity contribution in [3.8, 4) is 0 Å². The van der Waals surface area contributed by atoms with Crippen molar-refractivity contribution in [3.05, 3.63) is 71.3 Å². The number of hydrogen-bond donors (Lipinski definition) is 1. The molecule has 26 heavy (non-hydrogen) atoms. The zero-order valence-corrected chi connectivity index (χ0v) is 14.9. The fourth-order valence-electron chi connectivity index (χ4n) is 3.75. The lowest BCUT2D eigenvalue weighted by atomic mass is 9.91. The molecule has 2 aromatic carbocycles. The van der Waals surface area contributed by atoms with Crippen molar-refractivity contribution in [1.82, 2.24) is 4.90 Å². The van der Waals surface area contributed by atoms with Gasteiger partial charge in [-0.1, -0.05) is 48.5 Å². The first-order valence-corrected chi connectivity index (χ1v) is 9.26. The van der Waals surface area contributed by atoms with E-state index in [1.165, 1.54) is 5.56 Å². The molecule has 0 radical (unpaired) electrons. The molecule has 0 aromatic heterocycles. The van der Waals surface area contributed by atoms with Crippen LogP contribution in [0.2, 0.25) is 0 Å². The summed E-state index contributed by atoms with van der Waals surface area (Å²) in [5.41, 5.74) is 2.34. The third-order valence-electron chi connectivity index (χ3n) is 5.09. The van der Waals surface area contributed by atoms with Crippen molar-refractivity contribution < 1.29 is 14.7 Å². The first-order valence-electron chi connectivity index (χ1n) is 9.26. The predicted octanol–water partition coefficient (Wildman–Crippen LogP) is 3.80. The number of likely N-dealkylation sites (tertiary alicyclic amines) is 1. The van der Waals surface area contributed by atoms with Crippen molar-refractivity contribution >= 4 is 11.9 Å². The Labute approximate surface area is 154 Å². The van der Waals surface area contributed by atoms with Crippen molar-refractivity contribution in [2.24, 2.45) is 5.92 Å². The van der Waals surface area contributed by atoms with Crippen molar-refractivity contribution in [2.75, 3.05) is 13.1 Å². The third kappa shape index (κ3) is 4.72. The number of rotatable bonds is 6. The number of hydrogen-bond acceptors (Lipinski definition) is 2. The van der Waals surface area contributed by atoms with Gasteiger partial charge in [-0.3, -0.25) is 4.79 Å². The maximum Gasteiger partial charge on any atom is 0.335 e. The van der Waals surface area contributed by atoms with Gasteiger partial charge in [0.25, 0.3) is 0 Å². The SMILES string of the molecule is O=C(O)c1ccccc1CCC(=O)N1CCCC(Cc2ccccc2)C1. The maximum absolute atomic E-state index is 12.6. The number of benzene rings is 2. The molecule has 1 N–H and O–H groups in total. The highest BCUT2D eigenvalue weighted by Crippen LogP contribution is 2.22. The average molecular weight is 351 g/mol. The van der Waals surface area contributed by atoms with Gasteiger partial charge in [-0.25, -0.2) is 4.79 Å². The molecule has 1 amide bonds. The van der Waals surface area contributed by atoms with Gasteiger partial charge in [0.05, 0.1) is 5.56 Å². The number of carboxylic acid groups (broad SMARTS) is 1. The van der Waals surface area contributed by atoms with E-state index in [-0.39, 0.29) is 5.91 Å². The minimum absolute atomic E-state index is 0.128. The van der Waals surface area contributed by atoms with E-state index in [2.05, 4.69) is 24.3 Å². The summed E-state index contributed by atoms with van der Waals surface area (Å²) in [5, 5.41) is 9.26. The summed E-state index contributed by atoms with van der Waals surface area (Å²) in [7, 11) is 0. The average Bonchev–Trinajstić information content (AvgIpc) is 2.67. The Hall–Kier alpha value is -2.62. The number of carboxylic acids is 1. The van der Waals surface area contributed by atoms with Crippen LogP contribution in [-0.4, -0.2) is 35.0 Å². The first-order chi connectivity index (χ1) is 12.6. The van der Waals surface area contributed by atoms with E-state index in [0.29, 0.717) is 24.3 Å². The van der Waals surface area contributed by atoms with Gasteiger partial charge in [0.2, 0.25) is 5.91 Å². The largest absolute Gasteiger partial charge is 0.478 e. The monoisotopic (exact) mass is 351 g/mol. The van der Waals surface area contributed by atoms with Crippen LogP contribution in [0.5, 0.6) is 0 Å². The van der Waals surface area contributed by atoms with Gasteiger partial charge in [0.15, 0.2) is 0 Å². The molecule has 4 heteroatoms. The molecule has 0 saturated carbocycles. The summed E-state index contributed by atoms with van der Waals surface area (Å²) in [6, 6.07) is 17.4. The van der Waals surface area contributed by atoms with Gasteiger partial charge in [-0.05, 0) is 48.8 Å². The van der Waals surface area contributed by atoms with Crippen LogP contribution >= 0.6 is 0 Å². The fraction of sp³-hybridized carbons (Fsp3) is 0.364. The van der Waals surface area contributed by atoms with Crippen LogP contribution in [0.1, 0.15) is 40.7 Å². The van der Waals surface area contributed by atoms with Crippen LogP contribution in [0.3, 0.4) is 0 Å². The summed E-state index contributed by atoms with van der Waals surface area (Å²) in [5.74, 6) is -0.307. The second kappa shape index (κ2) is 8.65. The highest BCUT2D eigenvalue weighted by molar-refractivity contribution is 5.89. The number of carbonyl (C=O) groups excluding carboxylic acids is 1.